The Kier molecular flexibility index (Phi) is 9.13. The normalized spacial score (nSPS) is 15.7. The highest BCUT2D eigenvalue weighted by atomic mass is 32.2. The van der Waals surface area contributed by atoms with Crippen LogP contribution in [0.4, 0.5) is 0 Å². The summed E-state index contributed by atoms with van der Waals surface area (Å²) in [5.41, 5.74) is 7.67. The Morgan fingerprint density at radius 2 is 2.05 bits per heavy atom. The summed E-state index contributed by atoms with van der Waals surface area (Å²) in [5.74, 6) is 4.47. The summed E-state index contributed by atoms with van der Waals surface area (Å²) in [4.78, 5) is 42.4. The van der Waals surface area contributed by atoms with Gasteiger partial charge in [-0.05, 0) is 80.0 Å². The number of aryl methyl sites for hydroxylation is 1. The van der Waals surface area contributed by atoms with E-state index in [4.69, 9.17) is 32.9 Å². The highest BCUT2D eigenvalue weighted by Crippen LogP contribution is 2.41. The minimum atomic E-state index is -0.817. The summed E-state index contributed by atoms with van der Waals surface area (Å²) in [5, 5.41) is 8.77. The van der Waals surface area contributed by atoms with E-state index in [1.165, 1.54) is 17.3 Å². The van der Waals surface area contributed by atoms with Crippen molar-refractivity contribution in [1.82, 2.24) is 15.3 Å². The molecular weight excluding hydrogens is 524 g/mol. The van der Waals surface area contributed by atoms with Crippen molar-refractivity contribution in [1.29, 1.82) is 0 Å². The molecule has 0 bridgehead atoms. The van der Waals surface area contributed by atoms with E-state index in [9.17, 15) is 14.4 Å². The molecule has 0 atom stereocenters. The van der Waals surface area contributed by atoms with Gasteiger partial charge in [0.25, 0.3) is 11.8 Å². The number of benzene rings is 1. The van der Waals surface area contributed by atoms with Gasteiger partial charge >= 0.3 is 5.97 Å². The van der Waals surface area contributed by atoms with Gasteiger partial charge in [-0.15, -0.1) is 0 Å². The molecular formula is C27H30N4O5S2. The van der Waals surface area contributed by atoms with E-state index in [1.807, 2.05) is 24.3 Å². The van der Waals surface area contributed by atoms with Crippen LogP contribution in [0.15, 0.2) is 29.2 Å². The van der Waals surface area contributed by atoms with Crippen LogP contribution in [0.5, 0.6) is 5.75 Å². The van der Waals surface area contributed by atoms with Crippen molar-refractivity contribution in [2.24, 2.45) is 5.84 Å². The highest BCUT2D eigenvalue weighted by Gasteiger charge is 2.31. The molecule has 38 heavy (non-hydrogen) atoms. The van der Waals surface area contributed by atoms with Gasteiger partial charge < -0.3 is 9.84 Å². The van der Waals surface area contributed by atoms with Crippen molar-refractivity contribution in [3.63, 3.8) is 0 Å². The Labute approximate surface area is 230 Å². The van der Waals surface area contributed by atoms with Gasteiger partial charge in [-0.25, -0.2) is 10.8 Å². The molecule has 200 valence electrons. The van der Waals surface area contributed by atoms with Crippen LogP contribution in [-0.2, 0) is 27.2 Å². The van der Waals surface area contributed by atoms with Gasteiger partial charge in [0, 0.05) is 18.5 Å². The molecule has 1 saturated heterocycles. The fraction of sp³-hybridized carbons (Fsp3) is 0.370. The maximum Gasteiger partial charge on any atom is 0.303 e. The molecule has 4 rings (SSSR count). The predicted octanol–water partition coefficient (Wildman–Crippen LogP) is 3.76. The number of unbranched alkanes of at least 4 members (excludes halogenated alkanes) is 2. The number of nitrogens with one attached hydrogen (secondary N) is 1. The van der Waals surface area contributed by atoms with Crippen molar-refractivity contribution in [3.05, 3.63) is 51.6 Å². The lowest BCUT2D eigenvalue weighted by Gasteiger charge is -2.17. The lowest BCUT2D eigenvalue weighted by Crippen LogP contribution is -2.34. The van der Waals surface area contributed by atoms with Crippen LogP contribution >= 0.6 is 24.0 Å². The molecule has 2 aromatic rings. The Morgan fingerprint density at radius 3 is 2.82 bits per heavy atom. The number of carbonyl (C=O) groups is 3. The summed E-state index contributed by atoms with van der Waals surface area (Å²) in [6, 6.07) is 7.61. The van der Waals surface area contributed by atoms with Crippen LogP contribution in [0.3, 0.4) is 0 Å². The first kappa shape index (κ1) is 27.7. The molecule has 4 N–H and O–H groups in total. The molecule has 1 aromatic carbocycles. The zero-order valence-electron chi connectivity index (χ0n) is 21.1. The molecule has 9 nitrogen and oxygen atoms in total. The molecule has 1 fully saturated rings. The van der Waals surface area contributed by atoms with Crippen molar-refractivity contribution < 1.29 is 24.2 Å². The minimum Gasteiger partial charge on any atom is -0.483 e. The Hall–Kier alpha value is -3.28. The third-order valence-electron chi connectivity index (χ3n) is 6.55. The number of aliphatic carboxylic acids is 1. The minimum absolute atomic E-state index is 0.122. The van der Waals surface area contributed by atoms with Gasteiger partial charge in [-0.3, -0.25) is 24.7 Å². The first-order valence-corrected chi connectivity index (χ1v) is 13.7. The molecule has 2 heterocycles. The Balaban J connectivity index is 1.56. The number of hydrogen-bond acceptors (Lipinski definition) is 8. The Bertz CT molecular complexity index is 1310. The maximum absolute atomic E-state index is 13.0. The molecule has 1 aromatic heterocycles. The quantitative estimate of drug-likeness (QED) is 0.0947. The Morgan fingerprint density at radius 1 is 1.26 bits per heavy atom. The standard InChI is InChI=1S/C27H30N4O5S2/c1-16-13-20(25(36-15-23(32)30-28)19-9-6-8-18(16)19)21-10-5-7-17(29-21)14-22-26(35)31(27(37)38-22)12-4-2-3-11-24(33)34/h5,7,10,13-14H,2-4,6,8-9,11-12,15,28H2,1H3,(H,30,32)(H,33,34)/b22-14-. The smallest absolute Gasteiger partial charge is 0.303 e. The number of hydrazine groups is 1. The second-order valence-corrected chi connectivity index (χ2v) is 10.9. The molecule has 0 saturated carbocycles. The number of carbonyl (C=O) groups excluding carboxylic acids is 2. The van der Waals surface area contributed by atoms with E-state index in [0.29, 0.717) is 52.2 Å². The first-order chi connectivity index (χ1) is 18.3. The van der Waals surface area contributed by atoms with Crippen molar-refractivity contribution in [2.45, 2.75) is 51.9 Å². The summed E-state index contributed by atoms with van der Waals surface area (Å²) >= 11 is 6.66. The molecule has 0 unspecified atom stereocenters. The van der Waals surface area contributed by atoms with Crippen LogP contribution in [0.1, 0.15) is 54.5 Å². The second-order valence-electron chi connectivity index (χ2n) is 9.22. The number of carboxylic acids is 1. The van der Waals surface area contributed by atoms with E-state index in [-0.39, 0.29) is 18.9 Å². The molecule has 0 radical (unpaired) electrons. The summed E-state index contributed by atoms with van der Waals surface area (Å²) in [6.45, 7) is 2.33. The zero-order valence-corrected chi connectivity index (χ0v) is 22.8. The number of amides is 2. The summed E-state index contributed by atoms with van der Waals surface area (Å²) < 4.78 is 6.45. The number of nitrogens with two attached hydrogens (primary N) is 1. The van der Waals surface area contributed by atoms with Crippen LogP contribution in [0.25, 0.3) is 17.3 Å². The average molecular weight is 555 g/mol. The number of aromatic nitrogens is 1. The fourth-order valence-electron chi connectivity index (χ4n) is 4.73. The van der Waals surface area contributed by atoms with E-state index < -0.39 is 11.9 Å². The SMILES string of the molecule is Cc1cc(-c2cccc(/C=C3\SC(=S)N(CCCCCC(=O)O)C3=O)n2)c(OCC(=O)NN)c2c1CCC2. The second kappa shape index (κ2) is 12.5. The lowest BCUT2D eigenvalue weighted by molar-refractivity contribution is -0.137. The molecule has 2 aliphatic rings. The summed E-state index contributed by atoms with van der Waals surface area (Å²) in [7, 11) is 0. The number of ether oxygens (including phenoxy) is 1. The molecule has 11 heteroatoms. The molecule has 1 aliphatic carbocycles. The number of pyridine rings is 1. The van der Waals surface area contributed by atoms with Crippen LogP contribution < -0.4 is 16.0 Å². The van der Waals surface area contributed by atoms with E-state index in [0.717, 1.165) is 36.0 Å². The van der Waals surface area contributed by atoms with Gasteiger partial charge in [0.15, 0.2) is 6.61 Å². The highest BCUT2D eigenvalue weighted by molar-refractivity contribution is 8.26. The molecule has 2 amide bonds. The van der Waals surface area contributed by atoms with Crippen LogP contribution in [0, 0.1) is 6.92 Å². The molecule has 1 aliphatic heterocycles. The summed E-state index contributed by atoms with van der Waals surface area (Å²) in [6.07, 6.45) is 6.67. The van der Waals surface area contributed by atoms with Crippen LogP contribution in [-0.4, -0.2) is 50.2 Å². The monoisotopic (exact) mass is 554 g/mol. The topological polar surface area (TPSA) is 135 Å². The van der Waals surface area contributed by atoms with E-state index in [1.54, 1.807) is 11.0 Å². The predicted molar refractivity (Wildman–Crippen MR) is 150 cm³/mol. The van der Waals surface area contributed by atoms with Crippen molar-refractivity contribution in [2.75, 3.05) is 13.2 Å². The van der Waals surface area contributed by atoms with E-state index in [2.05, 4.69) is 12.3 Å². The third kappa shape index (κ3) is 6.40. The average Bonchev–Trinajstić information content (AvgIpc) is 3.49. The van der Waals surface area contributed by atoms with Crippen LogP contribution in [0.2, 0.25) is 0 Å². The number of hydrogen-bond donors (Lipinski definition) is 3. The van der Waals surface area contributed by atoms with E-state index >= 15 is 0 Å². The largest absolute Gasteiger partial charge is 0.483 e. The first-order valence-electron chi connectivity index (χ1n) is 12.5. The number of thiocarbonyl (C=S) groups is 1. The zero-order chi connectivity index (χ0) is 27.2. The van der Waals surface area contributed by atoms with Crippen molar-refractivity contribution >= 4 is 52.2 Å². The maximum atomic E-state index is 13.0. The molecule has 0 spiro atoms. The number of carboxylic acid groups (broad SMARTS) is 1. The number of rotatable bonds is 11. The van der Waals surface area contributed by atoms with Gasteiger partial charge in [-0.2, -0.15) is 0 Å². The number of nitrogens with zero attached hydrogens (tertiary/aromatic N) is 2. The van der Waals surface area contributed by atoms with Gasteiger partial charge in [0.05, 0.1) is 16.3 Å². The van der Waals surface area contributed by atoms with Crippen molar-refractivity contribution in [3.8, 4) is 17.0 Å². The van der Waals surface area contributed by atoms with Gasteiger partial charge in [0.2, 0.25) is 0 Å². The lowest BCUT2D eigenvalue weighted by atomic mass is 9.97. The van der Waals surface area contributed by atoms with Gasteiger partial charge in [0.1, 0.15) is 10.1 Å². The third-order valence-corrected chi connectivity index (χ3v) is 7.93. The number of fused-ring (bicyclic) bond motifs is 1. The fourth-order valence-corrected chi connectivity index (χ4v) is 6.02. The number of thioether (sulfide) groups is 1. The van der Waals surface area contributed by atoms with Gasteiger partial charge in [-0.1, -0.05) is 36.5 Å².